The first-order valence-corrected chi connectivity index (χ1v) is 12.8. The molecule has 2 aromatic carbocycles. The van der Waals surface area contributed by atoms with Crippen LogP contribution in [0.15, 0.2) is 66.9 Å². The molecule has 2 amide bonds. The van der Waals surface area contributed by atoms with Crippen LogP contribution in [-0.2, 0) is 11.2 Å². The van der Waals surface area contributed by atoms with Gasteiger partial charge < -0.3 is 19.7 Å². The highest BCUT2D eigenvalue weighted by Crippen LogP contribution is 2.42. The van der Waals surface area contributed by atoms with Crippen LogP contribution in [0.2, 0.25) is 0 Å². The highest BCUT2D eigenvalue weighted by molar-refractivity contribution is 6.04. The van der Waals surface area contributed by atoms with Crippen molar-refractivity contribution in [2.45, 2.75) is 45.6 Å². The molecule has 0 atom stereocenters. The number of rotatable bonds is 4. The smallest absolute Gasteiger partial charge is 0.409 e. The summed E-state index contributed by atoms with van der Waals surface area (Å²) in [6.45, 7) is 7.83. The molecular formula is C30H33N3O4. The van der Waals surface area contributed by atoms with Crippen LogP contribution in [-0.4, -0.2) is 47.2 Å². The van der Waals surface area contributed by atoms with Crippen molar-refractivity contribution in [1.29, 1.82) is 0 Å². The number of benzene rings is 2. The third-order valence-electron chi connectivity index (χ3n) is 6.85. The van der Waals surface area contributed by atoms with Crippen molar-refractivity contribution in [2.24, 2.45) is 5.41 Å². The number of hydrogen-bond acceptors (Lipinski definition) is 5. The molecule has 37 heavy (non-hydrogen) atoms. The van der Waals surface area contributed by atoms with Crippen molar-refractivity contribution in [3.63, 3.8) is 0 Å². The van der Waals surface area contributed by atoms with E-state index in [1.165, 1.54) is 5.56 Å². The minimum Gasteiger partial charge on any atom is -0.487 e. The Balaban J connectivity index is 1.20. The summed E-state index contributed by atoms with van der Waals surface area (Å²) in [7, 11) is 0. The van der Waals surface area contributed by atoms with E-state index in [0.717, 1.165) is 36.1 Å². The Hall–Kier alpha value is -3.87. The molecule has 0 saturated carbocycles. The second-order valence-corrected chi connectivity index (χ2v) is 11.1. The van der Waals surface area contributed by atoms with Crippen LogP contribution < -0.4 is 10.1 Å². The summed E-state index contributed by atoms with van der Waals surface area (Å²) in [6, 6.07) is 19.2. The van der Waals surface area contributed by atoms with Gasteiger partial charge in [-0.15, -0.1) is 0 Å². The van der Waals surface area contributed by atoms with E-state index >= 15 is 0 Å². The molecule has 0 bridgehead atoms. The van der Waals surface area contributed by atoms with Gasteiger partial charge >= 0.3 is 6.09 Å². The molecule has 0 unspecified atom stereocenters. The quantitative estimate of drug-likeness (QED) is 0.480. The molecule has 7 nitrogen and oxygen atoms in total. The summed E-state index contributed by atoms with van der Waals surface area (Å²) in [6.07, 6.45) is 3.79. The Labute approximate surface area is 217 Å². The number of piperidine rings is 1. The predicted octanol–water partition coefficient (Wildman–Crippen LogP) is 5.95. The molecule has 1 saturated heterocycles. The van der Waals surface area contributed by atoms with E-state index in [4.69, 9.17) is 9.47 Å². The molecule has 1 fully saturated rings. The van der Waals surface area contributed by atoms with Gasteiger partial charge in [-0.25, -0.2) is 9.78 Å². The third-order valence-corrected chi connectivity index (χ3v) is 6.85. The van der Waals surface area contributed by atoms with Crippen molar-refractivity contribution in [2.75, 3.05) is 25.0 Å². The van der Waals surface area contributed by atoms with Gasteiger partial charge in [-0.1, -0.05) is 45.0 Å². The van der Waals surface area contributed by atoms with Crippen LogP contribution in [0.1, 0.15) is 49.5 Å². The Morgan fingerprint density at radius 2 is 1.76 bits per heavy atom. The van der Waals surface area contributed by atoms with Crippen LogP contribution in [0.25, 0.3) is 11.1 Å². The Kier molecular flexibility index (Phi) is 6.63. The summed E-state index contributed by atoms with van der Waals surface area (Å²) in [5.74, 6) is 1.25. The molecule has 2 aliphatic rings. The molecule has 3 heterocycles. The fourth-order valence-corrected chi connectivity index (χ4v) is 4.80. The lowest BCUT2D eigenvalue weighted by Gasteiger charge is -2.38. The molecular weight excluding hydrogens is 466 g/mol. The summed E-state index contributed by atoms with van der Waals surface area (Å²) in [5.41, 5.74) is 3.56. The molecule has 5 rings (SSSR count). The van der Waals surface area contributed by atoms with E-state index in [-0.39, 0.29) is 23.0 Å². The second-order valence-electron chi connectivity index (χ2n) is 11.1. The molecule has 0 aliphatic carbocycles. The van der Waals surface area contributed by atoms with Gasteiger partial charge in [0.2, 0.25) is 0 Å². The van der Waals surface area contributed by atoms with E-state index in [1.54, 1.807) is 17.2 Å². The van der Waals surface area contributed by atoms with E-state index in [1.807, 2.05) is 42.5 Å². The van der Waals surface area contributed by atoms with Crippen molar-refractivity contribution in [1.82, 2.24) is 9.88 Å². The van der Waals surface area contributed by atoms with Crippen molar-refractivity contribution < 1.29 is 19.1 Å². The average molecular weight is 500 g/mol. The van der Waals surface area contributed by atoms with Crippen LogP contribution in [0.3, 0.4) is 0 Å². The Morgan fingerprint density at radius 1 is 1.03 bits per heavy atom. The maximum absolute atomic E-state index is 12.5. The zero-order valence-corrected chi connectivity index (χ0v) is 21.6. The van der Waals surface area contributed by atoms with Gasteiger partial charge in [0.25, 0.3) is 5.91 Å². The zero-order chi connectivity index (χ0) is 26.0. The first kappa shape index (κ1) is 24.8. The molecule has 1 aromatic heterocycles. The predicted molar refractivity (Wildman–Crippen MR) is 143 cm³/mol. The van der Waals surface area contributed by atoms with E-state index in [0.29, 0.717) is 31.1 Å². The largest absolute Gasteiger partial charge is 0.487 e. The Morgan fingerprint density at radius 3 is 2.43 bits per heavy atom. The maximum atomic E-state index is 12.5. The lowest BCUT2D eigenvalue weighted by atomic mass is 9.86. The zero-order valence-electron chi connectivity index (χ0n) is 21.6. The van der Waals surface area contributed by atoms with Crippen LogP contribution in [0.4, 0.5) is 10.6 Å². The number of carbonyl (C=O) groups is 2. The molecule has 3 aromatic rings. The number of fused-ring (bicyclic) bond motifs is 1. The number of hydrogen-bond donors (Lipinski definition) is 1. The van der Waals surface area contributed by atoms with Crippen LogP contribution in [0.5, 0.6) is 5.75 Å². The van der Waals surface area contributed by atoms with Gasteiger partial charge in [-0.3, -0.25) is 4.79 Å². The van der Waals surface area contributed by atoms with E-state index in [9.17, 15) is 9.59 Å². The number of amides is 2. The van der Waals surface area contributed by atoms with E-state index < -0.39 is 0 Å². The number of likely N-dealkylation sites (tertiary alicyclic amines) is 1. The van der Waals surface area contributed by atoms with E-state index in [2.05, 4.69) is 43.2 Å². The molecule has 0 radical (unpaired) electrons. The van der Waals surface area contributed by atoms with Crippen LogP contribution >= 0.6 is 0 Å². The average Bonchev–Trinajstić information content (AvgIpc) is 3.24. The first-order chi connectivity index (χ1) is 17.7. The molecule has 2 aliphatic heterocycles. The highest BCUT2D eigenvalue weighted by atomic mass is 16.6. The molecule has 192 valence electrons. The minimum atomic E-state index is -0.269. The number of anilines is 1. The number of nitrogens with one attached hydrogen (secondary N) is 1. The number of carbonyl (C=O) groups excluding carboxylic acids is 2. The highest BCUT2D eigenvalue weighted by Gasteiger charge is 2.43. The normalized spacial score (nSPS) is 16.1. The fourth-order valence-electron chi connectivity index (χ4n) is 4.80. The molecule has 7 heteroatoms. The topological polar surface area (TPSA) is 80.8 Å². The second kappa shape index (κ2) is 9.88. The van der Waals surface area contributed by atoms with Gasteiger partial charge in [0, 0.05) is 44.1 Å². The first-order valence-electron chi connectivity index (χ1n) is 12.8. The summed E-state index contributed by atoms with van der Waals surface area (Å²) in [5, 5.41) is 2.81. The lowest BCUT2D eigenvalue weighted by molar-refractivity contribution is 0.00956. The van der Waals surface area contributed by atoms with Gasteiger partial charge in [0.1, 0.15) is 17.2 Å². The fraction of sp³-hybridized carbons (Fsp3) is 0.367. The van der Waals surface area contributed by atoms with Crippen molar-refractivity contribution >= 4 is 17.8 Å². The summed E-state index contributed by atoms with van der Waals surface area (Å²) < 4.78 is 11.9. The van der Waals surface area contributed by atoms with Crippen molar-refractivity contribution in [3.8, 4) is 16.9 Å². The van der Waals surface area contributed by atoms with Crippen molar-refractivity contribution in [3.05, 3.63) is 78.0 Å². The minimum absolute atomic E-state index is 0.0486. The van der Waals surface area contributed by atoms with Gasteiger partial charge in [0.05, 0.1) is 6.61 Å². The lowest BCUT2D eigenvalue weighted by Crippen LogP contribution is -2.49. The van der Waals surface area contributed by atoms with Gasteiger partial charge in [-0.2, -0.15) is 0 Å². The number of nitrogens with zero attached hydrogens (tertiary/aromatic N) is 2. The molecule has 1 N–H and O–H groups in total. The maximum Gasteiger partial charge on any atom is 0.409 e. The summed E-state index contributed by atoms with van der Waals surface area (Å²) in [4.78, 5) is 30.9. The number of pyridine rings is 1. The summed E-state index contributed by atoms with van der Waals surface area (Å²) >= 11 is 0. The monoisotopic (exact) mass is 499 g/mol. The molecule has 1 spiro atoms. The SMILES string of the molecule is CC(C)(C)COC(=O)N1CCC2(CC1)Cc1cc(-c3ccc(C(=O)Nc4ccccn4)cc3)ccc1O2. The van der Waals surface area contributed by atoms with Gasteiger partial charge in [0.15, 0.2) is 0 Å². The standard InChI is InChI=1S/C30H33N3O4/c1-29(2,3)20-36-28(35)33-16-13-30(14-17-33)19-24-18-23(11-12-25(24)37-30)21-7-9-22(10-8-21)27(34)32-26-6-4-5-15-31-26/h4-12,15,18H,13-14,16-17,19-20H2,1-3H3,(H,31,32,34). The number of ether oxygens (including phenoxy) is 2. The third kappa shape index (κ3) is 5.77. The Bertz CT molecular complexity index is 1270. The van der Waals surface area contributed by atoms with Crippen LogP contribution in [0, 0.1) is 5.41 Å². The number of aromatic nitrogens is 1. The van der Waals surface area contributed by atoms with Gasteiger partial charge in [-0.05, 0) is 58.5 Å².